The average Bonchev–Trinajstić information content (AvgIpc) is 2.38. The van der Waals surface area contributed by atoms with E-state index in [1.807, 2.05) is 36.4 Å². The van der Waals surface area contributed by atoms with Gasteiger partial charge in [-0.2, -0.15) is 0 Å². The molecule has 17 heavy (non-hydrogen) atoms. The van der Waals surface area contributed by atoms with Crippen molar-refractivity contribution in [1.29, 1.82) is 0 Å². The summed E-state index contributed by atoms with van der Waals surface area (Å²) in [6.07, 6.45) is 0.966. The van der Waals surface area contributed by atoms with Crippen LogP contribution in [0.15, 0.2) is 55.1 Å². The van der Waals surface area contributed by atoms with Crippen molar-refractivity contribution in [3.8, 4) is 0 Å². The van der Waals surface area contributed by atoms with E-state index in [1.165, 1.54) is 6.08 Å². The van der Waals surface area contributed by atoms with E-state index >= 15 is 0 Å². The minimum absolute atomic E-state index is 0.192. The van der Waals surface area contributed by atoms with Crippen LogP contribution >= 0.6 is 0 Å². The van der Waals surface area contributed by atoms with E-state index in [4.69, 9.17) is 5.73 Å². The van der Waals surface area contributed by atoms with Gasteiger partial charge in [-0.25, -0.2) is 0 Å². The summed E-state index contributed by atoms with van der Waals surface area (Å²) in [5.41, 5.74) is 6.17. The molecule has 0 radical (unpaired) electrons. The smallest absolute Gasteiger partial charge is 0.252 e. The lowest BCUT2D eigenvalue weighted by molar-refractivity contribution is 0.0945. The Bertz CT molecular complexity index is 563. The molecule has 3 heteroatoms. The summed E-state index contributed by atoms with van der Waals surface area (Å²) in [6, 6.07) is 13.4. The van der Waals surface area contributed by atoms with E-state index in [1.54, 1.807) is 6.07 Å². The molecule has 3 N–H and O–H groups in total. The topological polar surface area (TPSA) is 55.1 Å². The summed E-state index contributed by atoms with van der Waals surface area (Å²) >= 11 is 0. The number of benzene rings is 2. The lowest BCUT2D eigenvalue weighted by atomic mass is 10.1. The Morgan fingerprint density at radius 3 is 2.65 bits per heavy atom. The summed E-state index contributed by atoms with van der Waals surface area (Å²) in [7, 11) is 0. The first-order valence-electron chi connectivity index (χ1n) is 5.38. The Labute approximate surface area is 99.9 Å². The van der Waals surface area contributed by atoms with Crippen LogP contribution in [0.1, 0.15) is 10.4 Å². The second-order valence-electron chi connectivity index (χ2n) is 3.80. The number of hydrogen-bond acceptors (Lipinski definition) is 2. The SMILES string of the molecule is C=CC(N)NC(=O)c1ccc2ccccc2c1. The van der Waals surface area contributed by atoms with Crippen molar-refractivity contribution in [2.24, 2.45) is 5.73 Å². The molecule has 2 rings (SSSR count). The fourth-order valence-corrected chi connectivity index (χ4v) is 1.62. The number of hydrogen-bond donors (Lipinski definition) is 2. The third-order valence-electron chi connectivity index (χ3n) is 2.56. The van der Waals surface area contributed by atoms with E-state index in [9.17, 15) is 4.79 Å². The third-order valence-corrected chi connectivity index (χ3v) is 2.56. The van der Waals surface area contributed by atoms with E-state index < -0.39 is 6.17 Å². The van der Waals surface area contributed by atoms with E-state index in [0.29, 0.717) is 5.56 Å². The zero-order chi connectivity index (χ0) is 12.3. The molecule has 0 saturated carbocycles. The van der Waals surface area contributed by atoms with Gasteiger partial charge in [-0.3, -0.25) is 4.79 Å². The zero-order valence-corrected chi connectivity index (χ0v) is 9.39. The molecule has 0 saturated heterocycles. The molecular weight excluding hydrogens is 212 g/mol. The predicted molar refractivity (Wildman–Crippen MR) is 69.6 cm³/mol. The largest absolute Gasteiger partial charge is 0.333 e. The number of fused-ring (bicyclic) bond motifs is 1. The van der Waals surface area contributed by atoms with Crippen molar-refractivity contribution in [2.45, 2.75) is 6.17 Å². The maximum atomic E-state index is 11.8. The van der Waals surface area contributed by atoms with Crippen LogP contribution in [0.3, 0.4) is 0 Å². The molecule has 0 aliphatic carbocycles. The molecule has 1 unspecified atom stereocenters. The lowest BCUT2D eigenvalue weighted by Crippen LogP contribution is -2.39. The molecule has 0 aliphatic rings. The molecule has 1 amide bonds. The third kappa shape index (κ3) is 2.52. The van der Waals surface area contributed by atoms with E-state index in [-0.39, 0.29) is 5.91 Å². The van der Waals surface area contributed by atoms with Gasteiger partial charge in [0.25, 0.3) is 5.91 Å². The molecule has 0 heterocycles. The van der Waals surface area contributed by atoms with Gasteiger partial charge in [-0.15, -0.1) is 0 Å². The summed E-state index contributed by atoms with van der Waals surface area (Å²) in [5, 5.41) is 4.77. The molecule has 0 aromatic heterocycles. The highest BCUT2D eigenvalue weighted by atomic mass is 16.1. The van der Waals surface area contributed by atoms with E-state index in [0.717, 1.165) is 10.8 Å². The van der Waals surface area contributed by atoms with Gasteiger partial charge in [-0.05, 0) is 22.9 Å². The second-order valence-corrected chi connectivity index (χ2v) is 3.80. The molecule has 1 atom stereocenters. The number of rotatable bonds is 3. The summed E-state index contributed by atoms with van der Waals surface area (Å²) in [5.74, 6) is -0.192. The van der Waals surface area contributed by atoms with E-state index in [2.05, 4.69) is 11.9 Å². The highest BCUT2D eigenvalue weighted by Crippen LogP contribution is 2.15. The molecule has 0 spiro atoms. The first-order valence-corrected chi connectivity index (χ1v) is 5.38. The van der Waals surface area contributed by atoms with Gasteiger partial charge in [0.05, 0.1) is 6.17 Å². The Hall–Kier alpha value is -2.13. The van der Waals surface area contributed by atoms with Crippen LogP contribution in [0, 0.1) is 0 Å². The maximum Gasteiger partial charge on any atom is 0.252 e. The number of carbonyl (C=O) groups is 1. The normalized spacial score (nSPS) is 12.1. The molecular formula is C14H14N2O. The minimum atomic E-state index is -0.519. The fourth-order valence-electron chi connectivity index (χ4n) is 1.62. The van der Waals surface area contributed by atoms with Gasteiger partial charge in [-0.1, -0.05) is 43.0 Å². The van der Waals surface area contributed by atoms with Crippen LogP contribution in [0.5, 0.6) is 0 Å². The van der Waals surface area contributed by atoms with Crippen molar-refractivity contribution in [3.05, 3.63) is 60.7 Å². The van der Waals surface area contributed by atoms with Gasteiger partial charge in [0.15, 0.2) is 0 Å². The Morgan fingerprint density at radius 2 is 1.94 bits per heavy atom. The molecule has 0 fully saturated rings. The highest BCUT2D eigenvalue weighted by molar-refractivity contribution is 5.98. The number of amides is 1. The van der Waals surface area contributed by atoms with Crippen molar-refractivity contribution in [3.63, 3.8) is 0 Å². The van der Waals surface area contributed by atoms with Gasteiger partial charge in [0.2, 0.25) is 0 Å². The van der Waals surface area contributed by atoms with Crippen LogP contribution in [-0.4, -0.2) is 12.1 Å². The van der Waals surface area contributed by atoms with Gasteiger partial charge < -0.3 is 11.1 Å². The van der Waals surface area contributed by atoms with Crippen molar-refractivity contribution in [1.82, 2.24) is 5.32 Å². The summed E-state index contributed by atoms with van der Waals surface area (Å²) in [4.78, 5) is 11.8. The zero-order valence-electron chi connectivity index (χ0n) is 9.39. The number of nitrogens with one attached hydrogen (secondary N) is 1. The standard InChI is InChI=1S/C14H14N2O/c1-2-13(15)16-14(17)12-8-7-10-5-3-4-6-11(10)9-12/h2-9,13H,1,15H2,(H,16,17). The van der Waals surface area contributed by atoms with Crippen molar-refractivity contribution < 1.29 is 4.79 Å². The number of nitrogens with two attached hydrogens (primary N) is 1. The minimum Gasteiger partial charge on any atom is -0.333 e. The molecule has 3 nitrogen and oxygen atoms in total. The molecule has 2 aromatic rings. The van der Waals surface area contributed by atoms with Crippen LogP contribution in [0.25, 0.3) is 10.8 Å². The fraction of sp³-hybridized carbons (Fsp3) is 0.0714. The monoisotopic (exact) mass is 226 g/mol. The molecule has 0 bridgehead atoms. The Balaban J connectivity index is 2.30. The number of carbonyl (C=O) groups excluding carboxylic acids is 1. The summed E-state index contributed by atoms with van der Waals surface area (Å²) in [6.45, 7) is 3.52. The summed E-state index contributed by atoms with van der Waals surface area (Å²) < 4.78 is 0. The van der Waals surface area contributed by atoms with Crippen LogP contribution in [0.4, 0.5) is 0 Å². The second kappa shape index (κ2) is 4.80. The average molecular weight is 226 g/mol. The molecule has 2 aromatic carbocycles. The Morgan fingerprint density at radius 1 is 1.24 bits per heavy atom. The van der Waals surface area contributed by atoms with Gasteiger partial charge in [0, 0.05) is 5.56 Å². The van der Waals surface area contributed by atoms with Crippen molar-refractivity contribution in [2.75, 3.05) is 0 Å². The Kier molecular flexibility index (Phi) is 3.21. The van der Waals surface area contributed by atoms with Gasteiger partial charge >= 0.3 is 0 Å². The highest BCUT2D eigenvalue weighted by Gasteiger charge is 2.07. The first-order chi connectivity index (χ1) is 8.20. The first kappa shape index (κ1) is 11.4. The van der Waals surface area contributed by atoms with Crippen molar-refractivity contribution >= 4 is 16.7 Å². The van der Waals surface area contributed by atoms with Gasteiger partial charge in [0.1, 0.15) is 0 Å². The predicted octanol–water partition coefficient (Wildman–Crippen LogP) is 2.04. The van der Waals surface area contributed by atoms with Crippen LogP contribution in [0.2, 0.25) is 0 Å². The van der Waals surface area contributed by atoms with Crippen LogP contribution in [-0.2, 0) is 0 Å². The quantitative estimate of drug-likeness (QED) is 0.621. The maximum absolute atomic E-state index is 11.8. The lowest BCUT2D eigenvalue weighted by Gasteiger charge is -2.09. The molecule has 0 aliphatic heterocycles. The van der Waals surface area contributed by atoms with Crippen LogP contribution < -0.4 is 11.1 Å². The molecule has 86 valence electrons.